The molecule has 0 aliphatic heterocycles. The minimum atomic E-state index is -5.97. The second-order valence-electron chi connectivity index (χ2n) is 8.62. The monoisotopic (exact) mass is 830 g/mol. The minimum absolute atomic E-state index is 0.0458. The number of nitrogen functional groups attached to an aromatic ring is 2. The van der Waals surface area contributed by atoms with Crippen molar-refractivity contribution in [2.75, 3.05) is 11.5 Å². The van der Waals surface area contributed by atoms with Gasteiger partial charge in [0.25, 0.3) is 0 Å². The first-order chi connectivity index (χ1) is 19.0. The molecule has 0 heterocycles. The number of alkyl halides is 6. The van der Waals surface area contributed by atoms with E-state index in [-0.39, 0.29) is 29.4 Å². The van der Waals surface area contributed by atoms with E-state index in [9.17, 15) is 0 Å². The van der Waals surface area contributed by atoms with Crippen molar-refractivity contribution in [1.82, 2.24) is 0 Å². The molecule has 41 heavy (non-hydrogen) atoms. The highest BCUT2D eigenvalue weighted by Gasteiger charge is 2.74. The average Bonchev–Trinajstić information content (AvgIpc) is 2.84. The first-order valence-corrected chi connectivity index (χ1v) is 14.4. The van der Waals surface area contributed by atoms with Gasteiger partial charge in [-0.25, -0.2) is 0 Å². The van der Waals surface area contributed by atoms with Crippen LogP contribution in [0.1, 0.15) is 11.1 Å². The number of anilines is 2. The van der Waals surface area contributed by atoms with Crippen LogP contribution in [0.15, 0.2) is 90.7 Å². The highest BCUT2D eigenvalue weighted by molar-refractivity contribution is 9.11. The maximum Gasteiger partial charge on any atom is 0.411 e. The minimum Gasteiger partial charge on any atom is -0.456 e. The molecular weight excluding hydrogens is 818 g/mol. The van der Waals surface area contributed by atoms with Gasteiger partial charge in [0.1, 0.15) is 23.0 Å². The van der Waals surface area contributed by atoms with Crippen molar-refractivity contribution >= 4 is 75.1 Å². The van der Waals surface area contributed by atoms with Gasteiger partial charge < -0.3 is 20.9 Å². The molecule has 0 aromatic heterocycles. The maximum absolute atomic E-state index is 15.4. The van der Waals surface area contributed by atoms with E-state index in [1.165, 1.54) is 60.7 Å². The van der Waals surface area contributed by atoms with Crippen LogP contribution in [0.4, 0.5) is 37.7 Å². The first-order valence-electron chi connectivity index (χ1n) is 11.2. The zero-order valence-electron chi connectivity index (χ0n) is 20.2. The van der Waals surface area contributed by atoms with Crippen molar-refractivity contribution in [3.63, 3.8) is 0 Å². The van der Waals surface area contributed by atoms with E-state index in [0.29, 0.717) is 11.4 Å². The van der Waals surface area contributed by atoms with Gasteiger partial charge in [0.15, 0.2) is 0 Å². The Morgan fingerprint density at radius 2 is 0.829 bits per heavy atom. The predicted molar refractivity (Wildman–Crippen MR) is 158 cm³/mol. The van der Waals surface area contributed by atoms with Gasteiger partial charge in [-0.3, -0.25) is 0 Å². The van der Waals surface area contributed by atoms with E-state index >= 15 is 26.3 Å². The molecule has 0 radical (unpaired) electrons. The quantitative estimate of drug-likeness (QED) is 0.150. The molecule has 0 atom stereocenters. The van der Waals surface area contributed by atoms with Crippen LogP contribution in [-0.4, -0.2) is 12.4 Å². The van der Waals surface area contributed by atoms with Crippen LogP contribution in [-0.2, 0) is 5.41 Å². The smallest absolute Gasteiger partial charge is 0.411 e. The molecule has 0 saturated carbocycles. The lowest BCUT2D eigenvalue weighted by atomic mass is 9.72. The molecule has 0 spiro atoms. The van der Waals surface area contributed by atoms with Crippen LogP contribution in [0.5, 0.6) is 23.0 Å². The Morgan fingerprint density at radius 3 is 1.12 bits per heavy atom. The van der Waals surface area contributed by atoms with Gasteiger partial charge in [-0.1, -0.05) is 31.9 Å². The molecule has 4 rings (SSSR count). The van der Waals surface area contributed by atoms with Crippen molar-refractivity contribution in [3.8, 4) is 23.0 Å². The van der Waals surface area contributed by atoms with Crippen molar-refractivity contribution in [2.45, 2.75) is 17.8 Å². The highest BCUT2D eigenvalue weighted by Crippen LogP contribution is 2.62. The Labute approximate surface area is 263 Å². The molecule has 0 aliphatic rings. The van der Waals surface area contributed by atoms with E-state index in [4.69, 9.17) is 20.9 Å². The number of halogens is 10. The summed E-state index contributed by atoms with van der Waals surface area (Å²) in [6.45, 7) is 0. The molecule has 4 nitrogen and oxygen atoms in total. The summed E-state index contributed by atoms with van der Waals surface area (Å²) in [4.78, 5) is 0. The van der Waals surface area contributed by atoms with E-state index in [1.54, 1.807) is 0 Å². The zero-order valence-corrected chi connectivity index (χ0v) is 26.5. The van der Waals surface area contributed by atoms with Crippen LogP contribution >= 0.6 is 63.7 Å². The molecule has 0 bridgehead atoms. The number of ether oxygens (including phenoxy) is 2. The summed E-state index contributed by atoms with van der Waals surface area (Å²) in [7, 11) is 0. The summed E-state index contributed by atoms with van der Waals surface area (Å²) in [5.41, 5.74) is 4.83. The maximum atomic E-state index is 15.4. The van der Waals surface area contributed by atoms with Crippen LogP contribution in [0.3, 0.4) is 0 Å². The normalized spacial score (nSPS) is 12.3. The standard InChI is InChI=1S/C27H16Br4F6N2O2/c28-13-9-19(23(21(30)11-13)40-17-5-1-15(38)2-6-17)25(26(32,33)34,27(35,36)37)20-10-14(29)12-22(31)24(20)41-18-7-3-16(39)4-8-18/h1-12H,38-39H2. The number of hydrogen-bond acceptors (Lipinski definition) is 4. The van der Waals surface area contributed by atoms with Gasteiger partial charge >= 0.3 is 12.4 Å². The Hall–Kier alpha value is -2.42. The van der Waals surface area contributed by atoms with Crippen molar-refractivity contribution in [3.05, 3.63) is 102 Å². The summed E-state index contributed by atoms with van der Waals surface area (Å²) in [6, 6.07) is 14.9. The van der Waals surface area contributed by atoms with Gasteiger partial charge in [0.2, 0.25) is 5.41 Å². The number of hydrogen-bond donors (Lipinski definition) is 2. The van der Waals surface area contributed by atoms with Crippen LogP contribution < -0.4 is 20.9 Å². The third kappa shape index (κ3) is 6.20. The lowest BCUT2D eigenvalue weighted by molar-refractivity contribution is -0.289. The van der Waals surface area contributed by atoms with Gasteiger partial charge in [-0.2, -0.15) is 26.3 Å². The molecule has 4 aromatic rings. The second kappa shape index (κ2) is 11.7. The van der Waals surface area contributed by atoms with E-state index < -0.39 is 40.4 Å². The fraction of sp³-hybridized carbons (Fsp3) is 0.111. The topological polar surface area (TPSA) is 70.5 Å². The molecule has 4 N–H and O–H groups in total. The summed E-state index contributed by atoms with van der Waals surface area (Å²) in [6.07, 6.45) is -11.9. The van der Waals surface area contributed by atoms with Crippen LogP contribution in [0.2, 0.25) is 0 Å². The highest BCUT2D eigenvalue weighted by atomic mass is 79.9. The van der Waals surface area contributed by atoms with Gasteiger partial charge in [0, 0.05) is 31.4 Å². The SMILES string of the molecule is Nc1ccc(Oc2c(Br)cc(Br)cc2C(c2cc(Br)cc(Br)c2Oc2ccc(N)cc2)(C(F)(F)F)C(F)(F)F)cc1. The number of benzene rings is 4. The molecule has 4 aromatic carbocycles. The summed E-state index contributed by atoms with van der Waals surface area (Å²) >= 11 is 12.3. The number of rotatable bonds is 6. The van der Waals surface area contributed by atoms with Gasteiger partial charge in [-0.05, 0) is 105 Å². The third-order valence-electron chi connectivity index (χ3n) is 5.88. The van der Waals surface area contributed by atoms with Gasteiger partial charge in [-0.15, -0.1) is 0 Å². The van der Waals surface area contributed by atoms with E-state index in [1.807, 2.05) is 0 Å². The fourth-order valence-electron chi connectivity index (χ4n) is 4.11. The van der Waals surface area contributed by atoms with Crippen LogP contribution in [0.25, 0.3) is 0 Å². The Balaban J connectivity index is 2.13. The second-order valence-corrected chi connectivity index (χ2v) is 12.2. The Morgan fingerprint density at radius 1 is 0.512 bits per heavy atom. The summed E-state index contributed by atoms with van der Waals surface area (Å²) in [5.74, 6) is -1.53. The molecular formula is C27H16Br4F6N2O2. The van der Waals surface area contributed by atoms with Crippen LogP contribution in [0, 0.1) is 0 Å². The predicted octanol–water partition coefficient (Wildman–Crippen LogP) is 10.9. The zero-order chi connectivity index (χ0) is 30.3. The summed E-state index contributed by atoms with van der Waals surface area (Å²) < 4.78 is 103. The van der Waals surface area contributed by atoms with Crippen molar-refractivity contribution in [1.29, 1.82) is 0 Å². The third-order valence-corrected chi connectivity index (χ3v) is 7.97. The van der Waals surface area contributed by atoms with Gasteiger partial charge in [0.05, 0.1) is 8.95 Å². The van der Waals surface area contributed by atoms with Crippen molar-refractivity contribution < 1.29 is 35.8 Å². The molecule has 0 fully saturated rings. The lowest BCUT2D eigenvalue weighted by Gasteiger charge is -2.40. The largest absolute Gasteiger partial charge is 0.456 e. The molecule has 0 unspecified atom stereocenters. The molecule has 216 valence electrons. The Kier molecular flexibility index (Phi) is 8.99. The number of nitrogens with two attached hydrogens (primary N) is 2. The first kappa shape index (κ1) is 31.5. The molecule has 0 amide bonds. The lowest BCUT2D eigenvalue weighted by Crippen LogP contribution is -2.55. The molecule has 14 heteroatoms. The Bertz CT molecular complexity index is 1460. The molecule has 0 aliphatic carbocycles. The van der Waals surface area contributed by atoms with E-state index in [0.717, 1.165) is 12.1 Å². The van der Waals surface area contributed by atoms with E-state index in [2.05, 4.69) is 63.7 Å². The summed E-state index contributed by atoms with van der Waals surface area (Å²) in [5, 5.41) is 0. The average molecular weight is 834 g/mol. The molecule has 0 saturated heterocycles. The fourth-order valence-corrected chi connectivity index (χ4v) is 6.72. The van der Waals surface area contributed by atoms with Crippen molar-refractivity contribution in [2.24, 2.45) is 0 Å².